The molecule has 106 valence electrons. The third kappa shape index (κ3) is 3.52. The third-order valence-corrected chi connectivity index (χ3v) is 3.28. The van der Waals surface area contributed by atoms with E-state index in [0.717, 1.165) is 0 Å². The quantitative estimate of drug-likeness (QED) is 0.868. The van der Waals surface area contributed by atoms with Crippen LogP contribution in [0, 0.1) is 5.82 Å². The summed E-state index contributed by atoms with van der Waals surface area (Å²) < 4.78 is 37.8. The van der Waals surface area contributed by atoms with Crippen LogP contribution < -0.4 is 0 Å². The molecule has 1 atom stereocenters. The molecule has 0 aliphatic carbocycles. The van der Waals surface area contributed by atoms with Crippen molar-refractivity contribution < 1.29 is 18.3 Å². The van der Waals surface area contributed by atoms with Gasteiger partial charge in [-0.25, -0.2) is 13.2 Å². The van der Waals surface area contributed by atoms with Crippen molar-refractivity contribution >= 4 is 11.6 Å². The molecule has 0 saturated carbocycles. The Kier molecular flexibility index (Phi) is 4.68. The fourth-order valence-electron chi connectivity index (χ4n) is 1.87. The van der Waals surface area contributed by atoms with Crippen molar-refractivity contribution in [3.63, 3.8) is 0 Å². The predicted octanol–water partition coefficient (Wildman–Crippen LogP) is 4.69. The van der Waals surface area contributed by atoms with Crippen LogP contribution in [0.15, 0.2) is 42.5 Å². The number of hydrogen-bond acceptors (Lipinski definition) is 1. The number of aliphatic hydroxyl groups excluding tert-OH is 1. The third-order valence-electron chi connectivity index (χ3n) is 2.99. The molecule has 0 aliphatic rings. The lowest BCUT2D eigenvalue weighted by molar-refractivity contribution is 0.151. The lowest BCUT2D eigenvalue weighted by Gasteiger charge is -2.12. The molecule has 2 aromatic rings. The fraction of sp³-hybridized carbons (Fsp3) is 0.200. The van der Waals surface area contributed by atoms with Crippen LogP contribution in [-0.4, -0.2) is 5.11 Å². The van der Waals surface area contributed by atoms with Crippen molar-refractivity contribution in [3.8, 4) is 0 Å². The van der Waals surface area contributed by atoms with Crippen molar-refractivity contribution in [3.05, 3.63) is 70.0 Å². The predicted molar refractivity (Wildman–Crippen MR) is 71.5 cm³/mol. The van der Waals surface area contributed by atoms with E-state index in [9.17, 15) is 18.3 Å². The summed E-state index contributed by atoms with van der Waals surface area (Å²) in [5.74, 6) is -0.522. The van der Waals surface area contributed by atoms with E-state index in [1.165, 1.54) is 42.5 Å². The minimum Gasteiger partial charge on any atom is -0.388 e. The van der Waals surface area contributed by atoms with Crippen molar-refractivity contribution in [1.82, 2.24) is 0 Å². The lowest BCUT2D eigenvalue weighted by atomic mass is 10.0. The zero-order valence-corrected chi connectivity index (χ0v) is 11.1. The lowest BCUT2D eigenvalue weighted by Crippen LogP contribution is -2.02. The van der Waals surface area contributed by atoms with E-state index in [-0.39, 0.29) is 17.0 Å². The van der Waals surface area contributed by atoms with E-state index in [0.29, 0.717) is 11.1 Å². The van der Waals surface area contributed by atoms with Crippen LogP contribution >= 0.6 is 11.6 Å². The molecule has 0 aliphatic heterocycles. The number of alkyl halides is 2. The van der Waals surface area contributed by atoms with Crippen LogP contribution in [0.4, 0.5) is 13.2 Å². The van der Waals surface area contributed by atoms with E-state index in [2.05, 4.69) is 0 Å². The number of rotatable bonds is 4. The van der Waals surface area contributed by atoms with Gasteiger partial charge in [-0.15, -0.1) is 0 Å². The molecule has 0 saturated heterocycles. The van der Waals surface area contributed by atoms with E-state index in [1.54, 1.807) is 0 Å². The van der Waals surface area contributed by atoms with Gasteiger partial charge in [0.25, 0.3) is 6.43 Å². The highest BCUT2D eigenvalue weighted by atomic mass is 35.5. The number of halogens is 4. The highest BCUT2D eigenvalue weighted by Gasteiger charge is 2.12. The maximum atomic E-state index is 13.0. The molecule has 0 spiro atoms. The molecule has 1 nitrogen and oxygen atoms in total. The molecule has 0 amide bonds. The zero-order valence-electron chi connectivity index (χ0n) is 10.4. The summed E-state index contributed by atoms with van der Waals surface area (Å²) in [6, 6.07) is 9.66. The Balaban J connectivity index is 2.10. The van der Waals surface area contributed by atoms with Crippen molar-refractivity contribution in [1.29, 1.82) is 0 Å². The second-order valence-electron chi connectivity index (χ2n) is 4.44. The molecule has 1 unspecified atom stereocenters. The summed E-state index contributed by atoms with van der Waals surface area (Å²) in [6.45, 7) is 0. The van der Waals surface area contributed by atoms with Gasteiger partial charge in [0.2, 0.25) is 0 Å². The van der Waals surface area contributed by atoms with E-state index < -0.39 is 18.3 Å². The van der Waals surface area contributed by atoms with Crippen LogP contribution in [-0.2, 0) is 6.42 Å². The summed E-state index contributed by atoms with van der Waals surface area (Å²) in [4.78, 5) is 0. The smallest absolute Gasteiger partial charge is 0.263 e. The van der Waals surface area contributed by atoms with E-state index in [1.807, 2.05) is 0 Å². The molecular weight excluding hydrogens is 289 g/mol. The minimum absolute atomic E-state index is 0.0113. The minimum atomic E-state index is -2.53. The maximum absolute atomic E-state index is 13.0. The molecule has 2 rings (SSSR count). The van der Waals surface area contributed by atoms with Crippen molar-refractivity contribution in [2.75, 3.05) is 0 Å². The largest absolute Gasteiger partial charge is 0.388 e. The molecule has 0 heterocycles. The first-order chi connectivity index (χ1) is 9.47. The first-order valence-electron chi connectivity index (χ1n) is 5.97. The molecule has 20 heavy (non-hydrogen) atoms. The number of aliphatic hydroxyl groups is 1. The first-order valence-corrected chi connectivity index (χ1v) is 6.35. The van der Waals surface area contributed by atoms with Crippen molar-refractivity contribution in [2.24, 2.45) is 0 Å². The Morgan fingerprint density at radius 1 is 1.00 bits per heavy atom. The average molecular weight is 301 g/mol. The normalized spacial score (nSPS) is 12.7. The molecule has 2 aromatic carbocycles. The molecule has 0 fully saturated rings. The topological polar surface area (TPSA) is 20.2 Å². The van der Waals surface area contributed by atoms with Gasteiger partial charge in [0.1, 0.15) is 5.82 Å². The second-order valence-corrected chi connectivity index (χ2v) is 4.84. The van der Waals surface area contributed by atoms with Gasteiger partial charge in [-0.05, 0) is 23.3 Å². The summed E-state index contributed by atoms with van der Waals surface area (Å²) in [5.41, 5.74) is 1.10. The summed E-state index contributed by atoms with van der Waals surface area (Å²) in [5, 5.41) is 10.0. The van der Waals surface area contributed by atoms with Gasteiger partial charge in [0, 0.05) is 12.0 Å². The number of hydrogen-bond donors (Lipinski definition) is 1. The molecule has 0 radical (unpaired) electrons. The first kappa shape index (κ1) is 14.9. The summed E-state index contributed by atoms with van der Waals surface area (Å²) >= 11 is 5.66. The van der Waals surface area contributed by atoms with Gasteiger partial charge < -0.3 is 5.11 Å². The Morgan fingerprint density at radius 2 is 1.60 bits per heavy atom. The van der Waals surface area contributed by atoms with Crippen LogP contribution in [0.2, 0.25) is 5.02 Å². The van der Waals surface area contributed by atoms with E-state index in [4.69, 9.17) is 11.6 Å². The molecule has 0 aromatic heterocycles. The van der Waals surface area contributed by atoms with Crippen LogP contribution in [0.3, 0.4) is 0 Å². The van der Waals surface area contributed by atoms with Crippen LogP contribution in [0.25, 0.3) is 0 Å². The molecular formula is C15H12ClF3O. The second kappa shape index (κ2) is 6.29. The van der Waals surface area contributed by atoms with E-state index >= 15 is 0 Å². The average Bonchev–Trinajstić information content (AvgIpc) is 2.43. The van der Waals surface area contributed by atoms with Crippen molar-refractivity contribution in [2.45, 2.75) is 19.0 Å². The Morgan fingerprint density at radius 3 is 2.15 bits per heavy atom. The molecule has 5 heteroatoms. The maximum Gasteiger partial charge on any atom is 0.263 e. The Bertz CT molecular complexity index is 584. The van der Waals surface area contributed by atoms with Crippen LogP contribution in [0.1, 0.15) is 29.2 Å². The highest BCUT2D eigenvalue weighted by Crippen LogP contribution is 2.24. The Labute approximate surface area is 119 Å². The summed E-state index contributed by atoms with van der Waals surface area (Å²) in [6.07, 6.45) is -3.16. The van der Waals surface area contributed by atoms with Gasteiger partial charge in [-0.1, -0.05) is 41.9 Å². The molecule has 0 bridgehead atoms. The summed E-state index contributed by atoms with van der Waals surface area (Å²) in [7, 11) is 0. The van der Waals surface area contributed by atoms with Gasteiger partial charge in [-0.3, -0.25) is 0 Å². The van der Waals surface area contributed by atoms with Gasteiger partial charge >= 0.3 is 0 Å². The Hall–Kier alpha value is -1.52. The molecule has 1 N–H and O–H groups in total. The highest BCUT2D eigenvalue weighted by molar-refractivity contribution is 6.30. The number of benzene rings is 2. The zero-order chi connectivity index (χ0) is 14.7. The van der Waals surface area contributed by atoms with Gasteiger partial charge in [-0.2, -0.15) is 0 Å². The fourth-order valence-corrected chi connectivity index (χ4v) is 2.07. The standard InChI is InChI=1S/C15H12ClF3O/c16-12-7-9(1-6-13(12)17)8-14(20)10-2-4-11(5-3-10)15(18)19/h1-7,14-15,20H,8H2. The SMILES string of the molecule is OC(Cc1ccc(F)c(Cl)c1)c1ccc(C(F)F)cc1. The van der Waals surface area contributed by atoms with Crippen LogP contribution in [0.5, 0.6) is 0 Å². The van der Waals surface area contributed by atoms with Gasteiger partial charge in [0.05, 0.1) is 11.1 Å². The van der Waals surface area contributed by atoms with Gasteiger partial charge in [0.15, 0.2) is 0 Å². The monoisotopic (exact) mass is 300 g/mol.